The summed E-state index contributed by atoms with van der Waals surface area (Å²) in [7, 11) is 0. The van der Waals surface area contributed by atoms with E-state index in [0.717, 1.165) is 6.07 Å². The average molecular weight is 281 g/mol. The minimum Gasteiger partial charge on any atom is -0.366 e. The van der Waals surface area contributed by atoms with Gasteiger partial charge >= 0.3 is 0 Å². The van der Waals surface area contributed by atoms with Gasteiger partial charge in [0, 0.05) is 11.1 Å². The molecule has 0 aliphatic rings. The number of rotatable bonds is 4. The summed E-state index contributed by atoms with van der Waals surface area (Å²) in [5, 5.41) is 2.45. The Bertz CT molecular complexity index is 548. The first kappa shape index (κ1) is 16.1. The quantitative estimate of drug-likeness (QED) is 0.782. The predicted octanol–water partition coefficient (Wildman–Crippen LogP) is 1.63. The Labute approximate surface area is 117 Å². The van der Waals surface area contributed by atoms with Crippen LogP contribution in [-0.2, 0) is 4.79 Å². The maximum absolute atomic E-state index is 13.7. The summed E-state index contributed by atoms with van der Waals surface area (Å²) in [6.07, 6.45) is 0. The van der Waals surface area contributed by atoms with Crippen LogP contribution < -0.4 is 16.8 Å². The van der Waals surface area contributed by atoms with Gasteiger partial charge in [-0.15, -0.1) is 0 Å². The average Bonchev–Trinajstić information content (AvgIpc) is 2.29. The minimum atomic E-state index is -0.928. The second-order valence-corrected chi connectivity index (χ2v) is 5.86. The molecule has 5 N–H and O–H groups in total. The molecule has 110 valence electrons. The van der Waals surface area contributed by atoms with Crippen LogP contribution in [0.3, 0.4) is 0 Å². The van der Waals surface area contributed by atoms with Crippen molar-refractivity contribution in [1.82, 2.24) is 0 Å². The number of primary amides is 1. The molecule has 2 amide bonds. The molecule has 6 heteroatoms. The van der Waals surface area contributed by atoms with Crippen LogP contribution in [0, 0.1) is 11.2 Å². The van der Waals surface area contributed by atoms with E-state index in [0.29, 0.717) is 0 Å². The molecular formula is C14H20FN3O2. The van der Waals surface area contributed by atoms with E-state index >= 15 is 0 Å². The summed E-state index contributed by atoms with van der Waals surface area (Å²) < 4.78 is 13.7. The molecule has 0 radical (unpaired) electrons. The molecule has 1 rings (SSSR count). The fraction of sp³-hybridized carbons (Fsp3) is 0.429. The van der Waals surface area contributed by atoms with Crippen LogP contribution in [0.1, 0.15) is 38.1 Å². The topological polar surface area (TPSA) is 98.2 Å². The van der Waals surface area contributed by atoms with Crippen LogP contribution in [0.15, 0.2) is 18.2 Å². The third-order valence-electron chi connectivity index (χ3n) is 3.68. The fourth-order valence-corrected chi connectivity index (χ4v) is 1.35. The number of carbonyl (C=O) groups is 2. The SMILES string of the molecule is CC(C)(N)C(C)(C)C(=O)Nc1cc(C(N)=O)ccc1F. The maximum Gasteiger partial charge on any atom is 0.248 e. The molecule has 0 heterocycles. The van der Waals surface area contributed by atoms with Gasteiger partial charge in [0.05, 0.1) is 11.1 Å². The maximum atomic E-state index is 13.7. The number of benzene rings is 1. The van der Waals surface area contributed by atoms with Crippen molar-refractivity contribution in [2.75, 3.05) is 5.32 Å². The number of nitrogens with one attached hydrogen (secondary N) is 1. The summed E-state index contributed by atoms with van der Waals surface area (Å²) in [6.45, 7) is 6.75. The molecular weight excluding hydrogens is 261 g/mol. The molecule has 0 spiro atoms. The first-order valence-corrected chi connectivity index (χ1v) is 6.16. The van der Waals surface area contributed by atoms with E-state index < -0.39 is 28.6 Å². The van der Waals surface area contributed by atoms with Gasteiger partial charge in [0.25, 0.3) is 0 Å². The summed E-state index contributed by atoms with van der Waals surface area (Å²) in [4.78, 5) is 23.3. The predicted molar refractivity (Wildman–Crippen MR) is 75.6 cm³/mol. The van der Waals surface area contributed by atoms with E-state index in [1.165, 1.54) is 12.1 Å². The Balaban J connectivity index is 3.08. The van der Waals surface area contributed by atoms with Gasteiger partial charge in [-0.2, -0.15) is 0 Å². The molecule has 0 bridgehead atoms. The molecule has 0 unspecified atom stereocenters. The van der Waals surface area contributed by atoms with Gasteiger partial charge in [0.1, 0.15) is 5.82 Å². The van der Waals surface area contributed by atoms with Crippen molar-refractivity contribution in [2.24, 2.45) is 16.9 Å². The van der Waals surface area contributed by atoms with E-state index in [2.05, 4.69) is 5.32 Å². The van der Waals surface area contributed by atoms with Crippen molar-refractivity contribution in [3.63, 3.8) is 0 Å². The first-order valence-electron chi connectivity index (χ1n) is 6.16. The van der Waals surface area contributed by atoms with Gasteiger partial charge < -0.3 is 16.8 Å². The highest BCUT2D eigenvalue weighted by Crippen LogP contribution is 2.30. The van der Waals surface area contributed by atoms with Crippen LogP contribution in [0.5, 0.6) is 0 Å². The number of hydrogen-bond acceptors (Lipinski definition) is 3. The van der Waals surface area contributed by atoms with Gasteiger partial charge in [-0.25, -0.2) is 4.39 Å². The summed E-state index contributed by atoms with van der Waals surface area (Å²) in [6, 6.07) is 3.54. The van der Waals surface area contributed by atoms with Crippen LogP contribution in [0.25, 0.3) is 0 Å². The number of hydrogen-bond donors (Lipinski definition) is 3. The highest BCUT2D eigenvalue weighted by molar-refractivity contribution is 5.98. The van der Waals surface area contributed by atoms with E-state index in [1.807, 2.05) is 0 Å². The largest absolute Gasteiger partial charge is 0.366 e. The zero-order valence-corrected chi connectivity index (χ0v) is 12.1. The zero-order chi connectivity index (χ0) is 15.7. The molecule has 20 heavy (non-hydrogen) atoms. The zero-order valence-electron chi connectivity index (χ0n) is 12.1. The summed E-state index contributed by atoms with van der Waals surface area (Å²) in [5.74, 6) is -1.78. The lowest BCUT2D eigenvalue weighted by atomic mass is 9.74. The van der Waals surface area contributed by atoms with Crippen molar-refractivity contribution in [3.05, 3.63) is 29.6 Å². The van der Waals surface area contributed by atoms with Crippen molar-refractivity contribution in [1.29, 1.82) is 0 Å². The molecule has 0 fully saturated rings. The fourth-order valence-electron chi connectivity index (χ4n) is 1.35. The van der Waals surface area contributed by atoms with Crippen molar-refractivity contribution < 1.29 is 14.0 Å². The summed E-state index contributed by atoms with van der Waals surface area (Å²) >= 11 is 0. The van der Waals surface area contributed by atoms with Crippen molar-refractivity contribution >= 4 is 17.5 Å². The number of anilines is 1. The van der Waals surface area contributed by atoms with E-state index in [1.54, 1.807) is 27.7 Å². The lowest BCUT2D eigenvalue weighted by molar-refractivity contribution is -0.126. The van der Waals surface area contributed by atoms with Crippen molar-refractivity contribution in [3.8, 4) is 0 Å². The molecule has 0 aromatic heterocycles. The van der Waals surface area contributed by atoms with Gasteiger partial charge in [-0.1, -0.05) is 0 Å². The van der Waals surface area contributed by atoms with E-state index in [4.69, 9.17) is 11.5 Å². The van der Waals surface area contributed by atoms with Gasteiger partial charge in [0.15, 0.2) is 0 Å². The van der Waals surface area contributed by atoms with E-state index in [9.17, 15) is 14.0 Å². The van der Waals surface area contributed by atoms with Crippen LogP contribution >= 0.6 is 0 Å². The molecule has 5 nitrogen and oxygen atoms in total. The number of halogens is 1. The van der Waals surface area contributed by atoms with Gasteiger partial charge in [0.2, 0.25) is 11.8 Å². The summed E-state index contributed by atoms with van der Waals surface area (Å²) in [5.41, 5.74) is 9.38. The van der Waals surface area contributed by atoms with Gasteiger partial charge in [-0.05, 0) is 45.9 Å². The van der Waals surface area contributed by atoms with Gasteiger partial charge in [-0.3, -0.25) is 9.59 Å². The number of nitrogens with two attached hydrogens (primary N) is 2. The molecule has 1 aromatic carbocycles. The lowest BCUT2D eigenvalue weighted by Gasteiger charge is -2.36. The van der Waals surface area contributed by atoms with Crippen LogP contribution in [-0.4, -0.2) is 17.4 Å². The molecule has 1 aromatic rings. The minimum absolute atomic E-state index is 0.0939. The molecule has 0 saturated carbocycles. The highest BCUT2D eigenvalue weighted by Gasteiger charge is 2.40. The molecule has 0 atom stereocenters. The van der Waals surface area contributed by atoms with Crippen LogP contribution in [0.2, 0.25) is 0 Å². The molecule has 0 aliphatic carbocycles. The highest BCUT2D eigenvalue weighted by atomic mass is 19.1. The Kier molecular flexibility index (Phi) is 4.19. The first-order chi connectivity index (χ1) is 8.96. The third kappa shape index (κ3) is 3.14. The number of carbonyl (C=O) groups excluding carboxylic acids is 2. The number of amides is 2. The third-order valence-corrected chi connectivity index (χ3v) is 3.68. The lowest BCUT2D eigenvalue weighted by Crippen LogP contribution is -2.53. The monoisotopic (exact) mass is 281 g/mol. The second kappa shape index (κ2) is 5.20. The van der Waals surface area contributed by atoms with E-state index in [-0.39, 0.29) is 11.3 Å². The van der Waals surface area contributed by atoms with Crippen molar-refractivity contribution in [2.45, 2.75) is 33.2 Å². The standard InChI is InChI=1S/C14H20FN3O2/c1-13(2,14(3,4)17)12(20)18-10-7-8(11(16)19)5-6-9(10)15/h5-7H,17H2,1-4H3,(H2,16,19)(H,18,20). The Morgan fingerprint density at radius 3 is 2.20 bits per heavy atom. The smallest absolute Gasteiger partial charge is 0.248 e. The Morgan fingerprint density at radius 1 is 1.20 bits per heavy atom. The molecule has 0 aliphatic heterocycles. The molecule has 0 saturated heterocycles. The Hall–Kier alpha value is -1.95. The normalized spacial score (nSPS) is 12.1. The Morgan fingerprint density at radius 2 is 1.75 bits per heavy atom. The second-order valence-electron chi connectivity index (χ2n) is 5.86. The van der Waals surface area contributed by atoms with Crippen LogP contribution in [0.4, 0.5) is 10.1 Å².